The summed E-state index contributed by atoms with van der Waals surface area (Å²) in [4.78, 5) is 11.9. The third-order valence-electron chi connectivity index (χ3n) is 2.97. The maximum absolute atomic E-state index is 13.1. The summed E-state index contributed by atoms with van der Waals surface area (Å²) in [6, 6.07) is 10.1. The minimum Gasteiger partial charge on any atom is -0.507 e. The number of aromatic hydroxyl groups is 1. The monoisotopic (exact) mass is 379 g/mol. The number of halogens is 2. The first-order valence-electron chi connectivity index (χ1n) is 6.79. The van der Waals surface area contributed by atoms with Gasteiger partial charge in [-0.3, -0.25) is 4.79 Å². The molecular weight excluding hydrogens is 365 g/mol. The second kappa shape index (κ2) is 7.73. The molecule has 1 amide bonds. The number of nitrogens with zero attached hydrogens (tertiary/aromatic N) is 1. The summed E-state index contributed by atoms with van der Waals surface area (Å²) in [5.41, 5.74) is 3.32. The van der Waals surface area contributed by atoms with Crippen molar-refractivity contribution in [3.8, 4) is 5.75 Å². The SMILES string of the molecule is CC(Nc1cccc(F)c1)C(=O)NN=Cc1cc(Br)ccc1O. The Morgan fingerprint density at radius 2 is 2.13 bits per heavy atom. The van der Waals surface area contributed by atoms with Crippen molar-refractivity contribution in [2.24, 2.45) is 5.10 Å². The van der Waals surface area contributed by atoms with Gasteiger partial charge in [-0.15, -0.1) is 0 Å². The minimum atomic E-state index is -0.606. The van der Waals surface area contributed by atoms with E-state index >= 15 is 0 Å². The number of hydrogen-bond acceptors (Lipinski definition) is 4. The molecule has 0 aromatic heterocycles. The van der Waals surface area contributed by atoms with Crippen molar-refractivity contribution in [1.29, 1.82) is 0 Å². The molecule has 0 radical (unpaired) electrons. The highest BCUT2D eigenvalue weighted by atomic mass is 79.9. The smallest absolute Gasteiger partial charge is 0.262 e. The Morgan fingerprint density at radius 3 is 2.87 bits per heavy atom. The summed E-state index contributed by atoms with van der Waals surface area (Å²) in [6.07, 6.45) is 1.34. The molecule has 3 N–H and O–H groups in total. The molecule has 2 aromatic rings. The molecule has 0 saturated heterocycles. The zero-order valence-corrected chi connectivity index (χ0v) is 13.8. The number of carbonyl (C=O) groups excluding carboxylic acids is 1. The van der Waals surface area contributed by atoms with Crippen LogP contribution in [-0.4, -0.2) is 23.3 Å². The highest BCUT2D eigenvalue weighted by molar-refractivity contribution is 9.10. The van der Waals surface area contributed by atoms with Crippen LogP contribution in [0.4, 0.5) is 10.1 Å². The van der Waals surface area contributed by atoms with Gasteiger partial charge >= 0.3 is 0 Å². The Morgan fingerprint density at radius 1 is 1.35 bits per heavy atom. The van der Waals surface area contributed by atoms with E-state index in [0.717, 1.165) is 4.47 Å². The molecule has 2 rings (SSSR count). The molecule has 1 atom stereocenters. The van der Waals surface area contributed by atoms with Crippen molar-refractivity contribution in [1.82, 2.24) is 5.43 Å². The average molecular weight is 380 g/mol. The first-order chi connectivity index (χ1) is 11.0. The Labute approximate surface area is 141 Å². The maximum Gasteiger partial charge on any atom is 0.262 e. The predicted molar refractivity (Wildman–Crippen MR) is 91.0 cm³/mol. The molecule has 0 spiro atoms. The van der Waals surface area contributed by atoms with Crippen molar-refractivity contribution in [3.63, 3.8) is 0 Å². The molecule has 7 heteroatoms. The molecule has 23 heavy (non-hydrogen) atoms. The zero-order chi connectivity index (χ0) is 16.8. The highest BCUT2D eigenvalue weighted by Crippen LogP contribution is 2.19. The van der Waals surface area contributed by atoms with Crippen LogP contribution in [0.5, 0.6) is 5.75 Å². The molecule has 0 aliphatic rings. The largest absolute Gasteiger partial charge is 0.507 e. The molecule has 120 valence electrons. The van der Waals surface area contributed by atoms with Crippen molar-refractivity contribution in [3.05, 3.63) is 58.3 Å². The van der Waals surface area contributed by atoms with E-state index in [1.165, 1.54) is 24.4 Å². The molecule has 0 bridgehead atoms. The fourth-order valence-corrected chi connectivity index (χ4v) is 2.16. The Bertz CT molecular complexity index is 737. The molecule has 0 saturated carbocycles. The van der Waals surface area contributed by atoms with Crippen molar-refractivity contribution < 1.29 is 14.3 Å². The molecule has 0 aliphatic carbocycles. The van der Waals surface area contributed by atoms with Gasteiger partial charge in [0.1, 0.15) is 17.6 Å². The standard InChI is InChI=1S/C16H15BrFN3O2/c1-10(20-14-4-2-3-13(18)8-14)16(23)21-19-9-11-7-12(17)5-6-15(11)22/h2-10,20,22H,1H3,(H,21,23). The first-order valence-corrected chi connectivity index (χ1v) is 7.58. The summed E-state index contributed by atoms with van der Waals surface area (Å²) in [5.74, 6) is -0.720. The Balaban J connectivity index is 1.93. The lowest BCUT2D eigenvalue weighted by Gasteiger charge is -2.13. The molecule has 2 aromatic carbocycles. The number of benzene rings is 2. The highest BCUT2D eigenvalue weighted by Gasteiger charge is 2.11. The quantitative estimate of drug-likeness (QED) is 0.551. The number of hydrazone groups is 1. The summed E-state index contributed by atoms with van der Waals surface area (Å²) >= 11 is 3.28. The van der Waals surface area contributed by atoms with Crippen LogP contribution in [0.1, 0.15) is 12.5 Å². The average Bonchev–Trinajstić information content (AvgIpc) is 2.50. The lowest BCUT2D eigenvalue weighted by Crippen LogP contribution is -2.34. The van der Waals surface area contributed by atoms with Gasteiger partial charge < -0.3 is 10.4 Å². The van der Waals surface area contributed by atoms with Gasteiger partial charge in [0.2, 0.25) is 0 Å². The number of rotatable bonds is 5. The molecule has 5 nitrogen and oxygen atoms in total. The van der Waals surface area contributed by atoms with Gasteiger partial charge in [0.15, 0.2) is 0 Å². The van der Waals surface area contributed by atoms with Gasteiger partial charge in [-0.2, -0.15) is 5.10 Å². The van der Waals surface area contributed by atoms with Gasteiger partial charge in [-0.05, 0) is 43.3 Å². The van der Waals surface area contributed by atoms with E-state index in [1.54, 1.807) is 31.2 Å². The van der Waals surface area contributed by atoms with Gasteiger partial charge in [0.25, 0.3) is 5.91 Å². The van der Waals surface area contributed by atoms with E-state index < -0.39 is 6.04 Å². The lowest BCUT2D eigenvalue weighted by molar-refractivity contribution is -0.121. The van der Waals surface area contributed by atoms with E-state index in [2.05, 4.69) is 31.8 Å². The number of nitrogens with one attached hydrogen (secondary N) is 2. The van der Waals surface area contributed by atoms with E-state index in [9.17, 15) is 14.3 Å². The fraction of sp³-hybridized carbons (Fsp3) is 0.125. The van der Waals surface area contributed by atoms with E-state index in [0.29, 0.717) is 11.3 Å². The van der Waals surface area contributed by atoms with Crippen molar-refractivity contribution >= 4 is 33.7 Å². The molecular formula is C16H15BrFN3O2. The van der Waals surface area contributed by atoms with Crippen molar-refractivity contribution in [2.75, 3.05) is 5.32 Å². The van der Waals surface area contributed by atoms with Gasteiger partial charge in [-0.25, -0.2) is 9.82 Å². The lowest BCUT2D eigenvalue weighted by atomic mass is 10.2. The number of carbonyl (C=O) groups is 1. The van der Waals surface area contributed by atoms with Crippen LogP contribution in [0.15, 0.2) is 52.0 Å². The number of hydrogen-bond donors (Lipinski definition) is 3. The van der Waals surface area contributed by atoms with Crippen LogP contribution < -0.4 is 10.7 Å². The molecule has 0 heterocycles. The number of anilines is 1. The summed E-state index contributed by atoms with van der Waals surface area (Å²) in [7, 11) is 0. The maximum atomic E-state index is 13.1. The zero-order valence-electron chi connectivity index (χ0n) is 12.3. The van der Waals surface area contributed by atoms with Crippen LogP contribution in [0.3, 0.4) is 0 Å². The van der Waals surface area contributed by atoms with Crippen molar-refractivity contribution in [2.45, 2.75) is 13.0 Å². The number of amides is 1. The van der Waals surface area contributed by atoms with Crippen LogP contribution in [0, 0.1) is 5.82 Å². The second-order valence-electron chi connectivity index (χ2n) is 4.81. The van der Waals surface area contributed by atoms with Crippen LogP contribution in [-0.2, 0) is 4.79 Å². The predicted octanol–water partition coefficient (Wildman–Crippen LogP) is 3.24. The van der Waals surface area contributed by atoms with Gasteiger partial charge in [0.05, 0.1) is 6.21 Å². The summed E-state index contributed by atoms with van der Waals surface area (Å²) in [6.45, 7) is 1.63. The topological polar surface area (TPSA) is 73.7 Å². The second-order valence-corrected chi connectivity index (χ2v) is 5.73. The Hall–Kier alpha value is -2.41. The molecule has 0 fully saturated rings. The molecule has 1 unspecified atom stereocenters. The number of phenols is 1. The van der Waals surface area contributed by atoms with Crippen LogP contribution in [0.2, 0.25) is 0 Å². The van der Waals surface area contributed by atoms with E-state index in [4.69, 9.17) is 0 Å². The van der Waals surface area contributed by atoms with E-state index in [-0.39, 0.29) is 17.5 Å². The van der Waals surface area contributed by atoms with Crippen LogP contribution in [0.25, 0.3) is 0 Å². The summed E-state index contributed by atoms with van der Waals surface area (Å²) < 4.78 is 13.9. The molecule has 0 aliphatic heterocycles. The number of phenolic OH excluding ortho intramolecular Hbond substituents is 1. The van der Waals surface area contributed by atoms with Crippen LogP contribution >= 0.6 is 15.9 Å². The third kappa shape index (κ3) is 5.07. The van der Waals surface area contributed by atoms with Gasteiger partial charge in [-0.1, -0.05) is 22.0 Å². The minimum absolute atomic E-state index is 0.0529. The third-order valence-corrected chi connectivity index (χ3v) is 3.46. The van der Waals surface area contributed by atoms with Gasteiger partial charge in [0, 0.05) is 15.7 Å². The first kappa shape index (κ1) is 17.0. The van der Waals surface area contributed by atoms with E-state index in [1.807, 2.05) is 0 Å². The normalized spacial score (nSPS) is 12.1. The summed E-state index contributed by atoms with van der Waals surface area (Å²) in [5, 5.41) is 16.3. The Kier molecular flexibility index (Phi) is 5.70. The fourth-order valence-electron chi connectivity index (χ4n) is 1.78.